The highest BCUT2D eigenvalue weighted by Crippen LogP contribution is 2.38. The van der Waals surface area contributed by atoms with Gasteiger partial charge in [-0.25, -0.2) is 0 Å². The van der Waals surface area contributed by atoms with E-state index in [1.165, 1.54) is 0 Å². The van der Waals surface area contributed by atoms with Crippen molar-refractivity contribution in [2.75, 3.05) is 19.6 Å². The first kappa shape index (κ1) is 18.3. The molecule has 0 unspecified atom stereocenters. The summed E-state index contributed by atoms with van der Waals surface area (Å²) in [5.41, 5.74) is 0. The molecule has 0 saturated heterocycles. The number of nitrogens with one attached hydrogen (secondary N) is 3. The summed E-state index contributed by atoms with van der Waals surface area (Å²) in [4.78, 5) is 0. The number of rotatable bonds is 10. The van der Waals surface area contributed by atoms with Crippen LogP contribution in [0.4, 0.5) is 0 Å². The number of hydrogen-bond acceptors (Lipinski definition) is 1. The summed E-state index contributed by atoms with van der Waals surface area (Å²) in [6.07, 6.45) is 3.43. The molecule has 0 aromatic carbocycles. The summed E-state index contributed by atoms with van der Waals surface area (Å²) < 4.78 is 5.17. The molecule has 0 heterocycles. The highest BCUT2D eigenvalue weighted by Gasteiger charge is 2.22. The van der Waals surface area contributed by atoms with Gasteiger partial charge in [-0.2, -0.15) is 0 Å². The molecular weight excluding hydrogens is 259 g/mol. The lowest BCUT2D eigenvalue weighted by atomic mass is 10.5. The molecule has 0 aliphatic carbocycles. The van der Waals surface area contributed by atoms with E-state index in [1.807, 2.05) is 0 Å². The van der Waals surface area contributed by atoms with Gasteiger partial charge in [0.25, 0.3) is 0 Å². The van der Waals surface area contributed by atoms with Crippen LogP contribution in [0.15, 0.2) is 4.41 Å². The lowest BCUT2D eigenvalue weighted by molar-refractivity contribution is 0.767. The molecule has 4 nitrogen and oxygen atoms in total. The molecule has 3 N–H and O–H groups in total. The van der Waals surface area contributed by atoms with E-state index in [0.29, 0.717) is 0 Å². The van der Waals surface area contributed by atoms with Crippen LogP contribution in [0.2, 0.25) is 19.6 Å². The van der Waals surface area contributed by atoms with Crippen LogP contribution in [-0.4, -0.2) is 27.9 Å². The van der Waals surface area contributed by atoms with Crippen molar-refractivity contribution in [3.8, 4) is 0 Å². The highest BCUT2D eigenvalue weighted by atomic mass is 31.2. The van der Waals surface area contributed by atoms with Gasteiger partial charge in [-0.1, -0.05) is 20.8 Å². The van der Waals surface area contributed by atoms with Crippen molar-refractivity contribution in [2.24, 2.45) is 4.41 Å². The molecule has 6 heteroatoms. The van der Waals surface area contributed by atoms with Crippen molar-refractivity contribution >= 4 is 15.7 Å². The van der Waals surface area contributed by atoms with Crippen molar-refractivity contribution in [1.29, 1.82) is 0 Å². The van der Waals surface area contributed by atoms with Crippen LogP contribution in [-0.2, 0) is 0 Å². The minimum atomic E-state index is -1.73. The molecule has 0 aliphatic heterocycles. The van der Waals surface area contributed by atoms with Gasteiger partial charge in [-0.15, -0.1) is 0 Å². The zero-order valence-electron chi connectivity index (χ0n) is 13.1. The van der Waals surface area contributed by atoms with Gasteiger partial charge in [-0.05, 0) is 38.9 Å². The fourth-order valence-corrected chi connectivity index (χ4v) is 7.97. The van der Waals surface area contributed by atoms with Gasteiger partial charge >= 0.3 is 0 Å². The lowest BCUT2D eigenvalue weighted by Crippen LogP contribution is -2.36. The zero-order chi connectivity index (χ0) is 14.1. The Morgan fingerprint density at radius 3 is 1.33 bits per heavy atom. The quantitative estimate of drug-likeness (QED) is 0.424. The summed E-state index contributed by atoms with van der Waals surface area (Å²) in [6, 6.07) is 0. The van der Waals surface area contributed by atoms with Crippen LogP contribution in [0.3, 0.4) is 0 Å². The average Bonchev–Trinajstić information content (AvgIpc) is 2.29. The van der Waals surface area contributed by atoms with E-state index in [2.05, 4.69) is 55.7 Å². The van der Waals surface area contributed by atoms with Gasteiger partial charge in [0.05, 0.1) is 0 Å². The van der Waals surface area contributed by atoms with E-state index in [9.17, 15) is 0 Å². The third kappa shape index (κ3) is 8.43. The van der Waals surface area contributed by atoms with Gasteiger partial charge in [0.2, 0.25) is 0 Å². The molecule has 18 heavy (non-hydrogen) atoms. The van der Waals surface area contributed by atoms with Gasteiger partial charge in [0.1, 0.15) is 0 Å². The molecule has 0 atom stereocenters. The maximum atomic E-state index is 5.17. The summed E-state index contributed by atoms with van der Waals surface area (Å²) in [5, 5.41) is 11.0. The molecule has 0 saturated carbocycles. The van der Waals surface area contributed by atoms with Crippen molar-refractivity contribution in [1.82, 2.24) is 15.3 Å². The van der Waals surface area contributed by atoms with Crippen LogP contribution in [0.1, 0.15) is 40.0 Å². The van der Waals surface area contributed by atoms with Crippen molar-refractivity contribution in [3.63, 3.8) is 0 Å². The molecule has 0 aromatic rings. The minimum absolute atomic E-state index is 1.02. The van der Waals surface area contributed by atoms with E-state index >= 15 is 0 Å². The van der Waals surface area contributed by atoms with E-state index < -0.39 is 15.7 Å². The fraction of sp³-hybridized carbons (Fsp3) is 1.00. The molecule has 110 valence electrons. The molecule has 0 radical (unpaired) electrons. The van der Waals surface area contributed by atoms with Crippen LogP contribution in [0.25, 0.3) is 0 Å². The summed E-state index contributed by atoms with van der Waals surface area (Å²) in [5.74, 6) is 0. The minimum Gasteiger partial charge on any atom is -0.300 e. The maximum absolute atomic E-state index is 5.17. The van der Waals surface area contributed by atoms with Crippen LogP contribution in [0.5, 0.6) is 0 Å². The van der Waals surface area contributed by atoms with E-state index in [4.69, 9.17) is 4.41 Å². The molecule has 0 spiro atoms. The first-order valence-corrected chi connectivity index (χ1v) is 12.5. The Morgan fingerprint density at radius 2 is 1.11 bits per heavy atom. The average molecular weight is 292 g/mol. The summed E-state index contributed by atoms with van der Waals surface area (Å²) >= 11 is 0. The van der Waals surface area contributed by atoms with Gasteiger partial charge in [0.15, 0.2) is 15.7 Å². The second-order valence-corrected chi connectivity index (χ2v) is 13.0. The van der Waals surface area contributed by atoms with Gasteiger partial charge in [-0.3, -0.25) is 15.3 Å². The lowest BCUT2D eigenvalue weighted by Gasteiger charge is -2.31. The number of nitrogens with zero attached hydrogens (tertiary/aromatic N) is 1. The van der Waals surface area contributed by atoms with Crippen molar-refractivity contribution < 1.29 is 0 Å². The monoisotopic (exact) mass is 292 g/mol. The smallest absolute Gasteiger partial charge is 0.175 e. The second kappa shape index (κ2) is 9.27. The molecule has 0 aromatic heterocycles. The predicted octanol–water partition coefficient (Wildman–Crippen LogP) is 3.77. The first-order valence-electron chi connectivity index (χ1n) is 7.28. The van der Waals surface area contributed by atoms with Crippen LogP contribution >= 0.6 is 7.51 Å². The Bertz CT molecular complexity index is 235. The topological polar surface area (TPSA) is 48.5 Å². The van der Waals surface area contributed by atoms with Crippen LogP contribution in [0, 0.1) is 0 Å². The van der Waals surface area contributed by atoms with Gasteiger partial charge < -0.3 is 4.41 Å². The Kier molecular flexibility index (Phi) is 9.43. The van der Waals surface area contributed by atoms with Gasteiger partial charge in [0, 0.05) is 19.6 Å². The standard InChI is InChI=1S/C12H33N4PSi/c1-7-10-13-17(14-11-8-2,15-12-9-3)16-18(4,5)6/h13-15H,7-12H2,1-6H3. The predicted molar refractivity (Wildman–Crippen MR) is 87.6 cm³/mol. The maximum Gasteiger partial charge on any atom is 0.175 e. The molecular formula is C12H33N4PSi. The summed E-state index contributed by atoms with van der Waals surface area (Å²) in [7, 11) is -3.19. The number of hydrogen-bond donors (Lipinski definition) is 3. The Hall–Kier alpha value is 0.327. The Morgan fingerprint density at radius 1 is 0.778 bits per heavy atom. The van der Waals surface area contributed by atoms with Crippen LogP contribution < -0.4 is 15.3 Å². The third-order valence-corrected chi connectivity index (χ3v) is 7.87. The Labute approximate surface area is 115 Å². The third-order valence-electron chi connectivity index (χ3n) is 2.22. The van der Waals surface area contributed by atoms with E-state index in [1.54, 1.807) is 0 Å². The SMILES string of the molecule is CCCNP(=N[Si](C)(C)C)(NCCC)NCCC. The first-order chi connectivity index (χ1) is 8.39. The summed E-state index contributed by atoms with van der Waals surface area (Å²) in [6.45, 7) is 16.6. The Balaban J connectivity index is 5.04. The van der Waals surface area contributed by atoms with E-state index in [-0.39, 0.29) is 0 Å². The van der Waals surface area contributed by atoms with E-state index in [0.717, 1.165) is 38.9 Å². The fourth-order valence-electron chi connectivity index (χ4n) is 1.54. The largest absolute Gasteiger partial charge is 0.300 e. The molecule has 0 fully saturated rings. The van der Waals surface area contributed by atoms with Crippen molar-refractivity contribution in [3.05, 3.63) is 0 Å². The molecule has 0 amide bonds. The molecule has 0 aliphatic rings. The molecule has 0 rings (SSSR count). The second-order valence-electron chi connectivity index (χ2n) is 5.63. The zero-order valence-corrected chi connectivity index (χ0v) is 15.0. The highest BCUT2D eigenvalue weighted by molar-refractivity contribution is 7.61. The van der Waals surface area contributed by atoms with Crippen molar-refractivity contribution in [2.45, 2.75) is 59.7 Å². The molecule has 0 bridgehead atoms. The normalized spacial score (nSPS) is 12.8.